The second-order valence-corrected chi connectivity index (χ2v) is 9.16. The summed E-state index contributed by atoms with van der Waals surface area (Å²) in [5.74, 6) is -0.0760. The van der Waals surface area contributed by atoms with E-state index in [9.17, 15) is 9.59 Å². The van der Waals surface area contributed by atoms with Gasteiger partial charge < -0.3 is 20.4 Å². The van der Waals surface area contributed by atoms with Gasteiger partial charge >= 0.3 is 6.03 Å². The van der Waals surface area contributed by atoms with Crippen LogP contribution in [0.25, 0.3) is 0 Å². The summed E-state index contributed by atoms with van der Waals surface area (Å²) in [5.41, 5.74) is 1.85. The smallest absolute Gasteiger partial charge is 0.321 e. The summed E-state index contributed by atoms with van der Waals surface area (Å²) in [5, 5.41) is 6.67. The van der Waals surface area contributed by atoms with Crippen LogP contribution in [0.3, 0.4) is 0 Å². The third-order valence-electron chi connectivity index (χ3n) is 6.40. The number of hydrogen-bond acceptors (Lipinski definition) is 3. The first kappa shape index (κ1) is 22.6. The van der Waals surface area contributed by atoms with Gasteiger partial charge in [0, 0.05) is 42.8 Å². The SMILES string of the molecule is O=C(NCCN1CCCC1)[C@H]1C[C@@H](c2ccccc2)CN(C(=O)Nc2ccc(Cl)cc2)C1. The first-order chi connectivity index (χ1) is 15.6. The molecule has 2 heterocycles. The van der Waals surface area contributed by atoms with Crippen molar-refractivity contribution in [1.82, 2.24) is 15.1 Å². The fourth-order valence-electron chi connectivity index (χ4n) is 4.65. The Morgan fingerprint density at radius 3 is 2.41 bits per heavy atom. The van der Waals surface area contributed by atoms with E-state index in [1.165, 1.54) is 12.8 Å². The number of anilines is 1. The van der Waals surface area contributed by atoms with E-state index in [1.54, 1.807) is 29.2 Å². The van der Waals surface area contributed by atoms with E-state index in [2.05, 4.69) is 27.7 Å². The van der Waals surface area contributed by atoms with E-state index in [4.69, 9.17) is 11.6 Å². The molecule has 0 radical (unpaired) electrons. The van der Waals surface area contributed by atoms with Crippen LogP contribution in [-0.2, 0) is 4.79 Å². The molecule has 7 heteroatoms. The molecule has 2 aliphatic heterocycles. The van der Waals surface area contributed by atoms with Crippen molar-refractivity contribution in [2.75, 3.05) is 44.6 Å². The topological polar surface area (TPSA) is 64.7 Å². The Morgan fingerprint density at radius 2 is 1.69 bits per heavy atom. The van der Waals surface area contributed by atoms with Gasteiger partial charge in [-0.15, -0.1) is 0 Å². The molecule has 170 valence electrons. The molecular formula is C25H31ClN4O2. The minimum absolute atomic E-state index is 0.0362. The Kier molecular flexibility index (Phi) is 7.66. The fraction of sp³-hybridized carbons (Fsp3) is 0.440. The van der Waals surface area contributed by atoms with Gasteiger partial charge in [0.25, 0.3) is 0 Å². The van der Waals surface area contributed by atoms with Crippen molar-refractivity contribution in [2.24, 2.45) is 5.92 Å². The zero-order chi connectivity index (χ0) is 22.3. The van der Waals surface area contributed by atoms with Gasteiger partial charge in [0.2, 0.25) is 5.91 Å². The minimum Gasteiger partial charge on any atom is -0.355 e. The highest BCUT2D eigenvalue weighted by atomic mass is 35.5. The van der Waals surface area contributed by atoms with Crippen molar-refractivity contribution in [3.8, 4) is 0 Å². The van der Waals surface area contributed by atoms with Gasteiger partial charge in [-0.3, -0.25) is 4.79 Å². The van der Waals surface area contributed by atoms with Crippen LogP contribution in [0.1, 0.15) is 30.7 Å². The lowest BCUT2D eigenvalue weighted by Crippen LogP contribution is -2.50. The van der Waals surface area contributed by atoms with Crippen LogP contribution in [0.4, 0.5) is 10.5 Å². The Hall–Kier alpha value is -2.57. The second kappa shape index (κ2) is 10.8. The largest absolute Gasteiger partial charge is 0.355 e. The Morgan fingerprint density at radius 1 is 0.969 bits per heavy atom. The van der Waals surface area contributed by atoms with E-state index in [1.807, 2.05) is 18.2 Å². The van der Waals surface area contributed by atoms with Gasteiger partial charge in [-0.25, -0.2) is 4.79 Å². The lowest BCUT2D eigenvalue weighted by molar-refractivity contribution is -0.126. The van der Waals surface area contributed by atoms with Crippen LogP contribution < -0.4 is 10.6 Å². The molecule has 2 fully saturated rings. The van der Waals surface area contributed by atoms with Crippen LogP contribution in [0.5, 0.6) is 0 Å². The number of carbonyl (C=O) groups excluding carboxylic acids is 2. The Bertz CT molecular complexity index is 900. The zero-order valence-corrected chi connectivity index (χ0v) is 19.1. The van der Waals surface area contributed by atoms with E-state index in [-0.39, 0.29) is 23.8 Å². The molecule has 0 spiro atoms. The molecule has 0 unspecified atom stereocenters. The predicted octanol–water partition coefficient (Wildman–Crippen LogP) is 4.19. The standard InChI is InChI=1S/C25H31ClN4O2/c26-22-8-10-23(11-9-22)28-25(32)30-17-20(19-6-2-1-3-7-19)16-21(18-30)24(31)27-12-15-29-13-4-5-14-29/h1-3,6-11,20-21H,4-5,12-18H2,(H,27,31)(H,28,32)/t20-,21+/m1/s1. The summed E-state index contributed by atoms with van der Waals surface area (Å²) in [7, 11) is 0. The average Bonchev–Trinajstić information content (AvgIpc) is 3.34. The molecular weight excluding hydrogens is 424 g/mol. The van der Waals surface area contributed by atoms with Crippen molar-refractivity contribution in [3.05, 3.63) is 65.2 Å². The third kappa shape index (κ3) is 6.02. The minimum atomic E-state index is -0.233. The number of urea groups is 1. The Balaban J connectivity index is 1.41. The molecule has 3 amide bonds. The molecule has 0 bridgehead atoms. The van der Waals surface area contributed by atoms with E-state index >= 15 is 0 Å². The lowest BCUT2D eigenvalue weighted by atomic mass is 9.84. The van der Waals surface area contributed by atoms with E-state index in [0.29, 0.717) is 30.3 Å². The van der Waals surface area contributed by atoms with E-state index < -0.39 is 0 Å². The first-order valence-corrected chi connectivity index (χ1v) is 11.8. The zero-order valence-electron chi connectivity index (χ0n) is 18.3. The Labute approximate surface area is 194 Å². The monoisotopic (exact) mass is 454 g/mol. The molecule has 4 rings (SSSR count). The number of rotatable bonds is 6. The number of halogens is 1. The first-order valence-electron chi connectivity index (χ1n) is 11.4. The van der Waals surface area contributed by atoms with Gasteiger partial charge in [-0.2, -0.15) is 0 Å². The van der Waals surface area contributed by atoms with Gasteiger partial charge in [-0.1, -0.05) is 41.9 Å². The number of carbonyl (C=O) groups is 2. The normalized spacial score (nSPS) is 21.3. The highest BCUT2D eigenvalue weighted by Crippen LogP contribution is 2.31. The summed E-state index contributed by atoms with van der Waals surface area (Å²) >= 11 is 5.95. The molecule has 6 nitrogen and oxygen atoms in total. The predicted molar refractivity (Wildman–Crippen MR) is 128 cm³/mol. The average molecular weight is 455 g/mol. The molecule has 2 N–H and O–H groups in total. The van der Waals surface area contributed by atoms with Crippen molar-refractivity contribution in [3.63, 3.8) is 0 Å². The second-order valence-electron chi connectivity index (χ2n) is 8.72. The van der Waals surface area contributed by atoms with Crippen LogP contribution in [0, 0.1) is 5.92 Å². The molecule has 2 saturated heterocycles. The van der Waals surface area contributed by atoms with Gasteiger partial charge in [0.05, 0.1) is 5.92 Å². The number of nitrogens with zero attached hydrogens (tertiary/aromatic N) is 2. The lowest BCUT2D eigenvalue weighted by Gasteiger charge is -2.37. The number of amides is 3. The van der Waals surface area contributed by atoms with Crippen molar-refractivity contribution in [1.29, 1.82) is 0 Å². The number of nitrogens with one attached hydrogen (secondary N) is 2. The molecule has 32 heavy (non-hydrogen) atoms. The van der Waals surface area contributed by atoms with Crippen molar-refractivity contribution < 1.29 is 9.59 Å². The maximum atomic E-state index is 13.0. The quantitative estimate of drug-likeness (QED) is 0.687. The van der Waals surface area contributed by atoms with Gasteiger partial charge in [0.1, 0.15) is 0 Å². The summed E-state index contributed by atoms with van der Waals surface area (Å²) in [6.45, 7) is 4.78. The molecule has 0 aromatic heterocycles. The fourth-order valence-corrected chi connectivity index (χ4v) is 4.77. The molecule has 2 aliphatic rings. The van der Waals surface area contributed by atoms with Crippen LogP contribution in [0.2, 0.25) is 5.02 Å². The van der Waals surface area contributed by atoms with E-state index in [0.717, 1.165) is 31.6 Å². The maximum absolute atomic E-state index is 13.0. The molecule has 2 atom stereocenters. The highest BCUT2D eigenvalue weighted by molar-refractivity contribution is 6.30. The van der Waals surface area contributed by atoms with Crippen LogP contribution in [0.15, 0.2) is 54.6 Å². The summed E-state index contributed by atoms with van der Waals surface area (Å²) in [4.78, 5) is 30.2. The highest BCUT2D eigenvalue weighted by Gasteiger charge is 2.34. The van der Waals surface area contributed by atoms with Gasteiger partial charge in [0.15, 0.2) is 0 Å². The number of hydrogen-bond donors (Lipinski definition) is 2. The van der Waals surface area contributed by atoms with Crippen LogP contribution in [-0.4, -0.2) is 61.0 Å². The summed E-state index contributed by atoms with van der Waals surface area (Å²) in [6.07, 6.45) is 3.23. The van der Waals surface area contributed by atoms with Crippen molar-refractivity contribution >= 4 is 29.2 Å². The maximum Gasteiger partial charge on any atom is 0.321 e. The van der Waals surface area contributed by atoms with Crippen LogP contribution >= 0.6 is 11.6 Å². The summed E-state index contributed by atoms with van der Waals surface area (Å²) in [6, 6.07) is 17.0. The molecule has 2 aromatic carbocycles. The molecule has 2 aromatic rings. The summed E-state index contributed by atoms with van der Waals surface area (Å²) < 4.78 is 0. The number of piperidine rings is 1. The molecule has 0 aliphatic carbocycles. The van der Waals surface area contributed by atoms with Crippen molar-refractivity contribution in [2.45, 2.75) is 25.2 Å². The number of likely N-dealkylation sites (tertiary alicyclic amines) is 2. The molecule has 0 saturated carbocycles. The third-order valence-corrected chi connectivity index (χ3v) is 6.65. The number of benzene rings is 2. The van der Waals surface area contributed by atoms with Gasteiger partial charge in [-0.05, 0) is 62.2 Å².